The van der Waals surface area contributed by atoms with Crippen LogP contribution in [-0.2, 0) is 11.8 Å². The van der Waals surface area contributed by atoms with Crippen molar-refractivity contribution in [2.24, 2.45) is 0 Å². The SMILES string of the molecule is Cc1cc(O)c(CBr)c2c1OC(C)(C)CC2. The number of hydrogen-bond acceptors (Lipinski definition) is 2. The number of fused-ring (bicyclic) bond motifs is 1. The summed E-state index contributed by atoms with van der Waals surface area (Å²) in [5.41, 5.74) is 3.05. The summed E-state index contributed by atoms with van der Waals surface area (Å²) in [7, 11) is 0. The number of alkyl halides is 1. The van der Waals surface area contributed by atoms with Crippen molar-refractivity contribution in [1.29, 1.82) is 0 Å². The predicted molar refractivity (Wildman–Crippen MR) is 68.5 cm³/mol. The van der Waals surface area contributed by atoms with Gasteiger partial charge in [-0.05, 0) is 45.2 Å². The van der Waals surface area contributed by atoms with Gasteiger partial charge in [-0.25, -0.2) is 0 Å². The fourth-order valence-corrected chi connectivity index (χ4v) is 2.82. The molecule has 1 aromatic rings. The van der Waals surface area contributed by atoms with E-state index in [1.807, 2.05) is 6.92 Å². The zero-order valence-electron chi connectivity index (χ0n) is 9.93. The molecule has 88 valence electrons. The Morgan fingerprint density at radius 2 is 2.19 bits per heavy atom. The van der Waals surface area contributed by atoms with Crippen LogP contribution in [-0.4, -0.2) is 10.7 Å². The lowest BCUT2D eigenvalue weighted by Crippen LogP contribution is -2.33. The molecular formula is C13H17BrO2. The molecule has 0 saturated carbocycles. The molecule has 0 radical (unpaired) electrons. The van der Waals surface area contributed by atoms with Crippen molar-refractivity contribution >= 4 is 15.9 Å². The maximum absolute atomic E-state index is 9.89. The minimum Gasteiger partial charge on any atom is -0.508 e. The van der Waals surface area contributed by atoms with Crippen LogP contribution in [0.1, 0.15) is 37.0 Å². The van der Waals surface area contributed by atoms with Crippen LogP contribution in [0.25, 0.3) is 0 Å². The number of halogens is 1. The van der Waals surface area contributed by atoms with E-state index in [9.17, 15) is 5.11 Å². The first-order valence-corrected chi connectivity index (χ1v) is 6.66. The Hall–Kier alpha value is -0.700. The monoisotopic (exact) mass is 284 g/mol. The van der Waals surface area contributed by atoms with E-state index in [2.05, 4.69) is 29.8 Å². The smallest absolute Gasteiger partial charge is 0.126 e. The number of phenolic OH excluding ortho intramolecular Hbond substituents is 1. The van der Waals surface area contributed by atoms with Crippen molar-refractivity contribution in [2.45, 2.75) is 44.5 Å². The third kappa shape index (κ3) is 1.93. The molecular weight excluding hydrogens is 268 g/mol. The minimum atomic E-state index is -0.0989. The highest BCUT2D eigenvalue weighted by molar-refractivity contribution is 9.08. The number of benzene rings is 1. The summed E-state index contributed by atoms with van der Waals surface area (Å²) in [6.07, 6.45) is 1.96. The molecule has 1 heterocycles. The number of phenols is 1. The normalized spacial score (nSPS) is 17.8. The van der Waals surface area contributed by atoms with Crippen LogP contribution < -0.4 is 4.74 Å². The molecule has 1 aliphatic heterocycles. The Morgan fingerprint density at radius 1 is 1.50 bits per heavy atom. The minimum absolute atomic E-state index is 0.0989. The average molecular weight is 285 g/mol. The van der Waals surface area contributed by atoms with Crippen LogP contribution in [0.4, 0.5) is 0 Å². The standard InChI is InChI=1S/C13H17BrO2/c1-8-6-11(15)10(7-14)9-4-5-13(2,3)16-12(8)9/h6,15H,4-5,7H2,1-3H3. The Kier molecular flexibility index (Phi) is 2.91. The van der Waals surface area contributed by atoms with Crippen molar-refractivity contribution < 1.29 is 9.84 Å². The van der Waals surface area contributed by atoms with Gasteiger partial charge < -0.3 is 9.84 Å². The zero-order valence-corrected chi connectivity index (χ0v) is 11.5. The molecule has 0 saturated heterocycles. The highest BCUT2D eigenvalue weighted by atomic mass is 79.9. The van der Waals surface area contributed by atoms with E-state index < -0.39 is 0 Å². The van der Waals surface area contributed by atoms with E-state index in [4.69, 9.17) is 4.74 Å². The van der Waals surface area contributed by atoms with Gasteiger partial charge in [-0.3, -0.25) is 0 Å². The summed E-state index contributed by atoms with van der Waals surface area (Å²) in [6, 6.07) is 1.79. The van der Waals surface area contributed by atoms with E-state index in [1.165, 1.54) is 0 Å². The Morgan fingerprint density at radius 3 is 2.81 bits per heavy atom. The van der Waals surface area contributed by atoms with Crippen LogP contribution in [0.5, 0.6) is 11.5 Å². The van der Waals surface area contributed by atoms with Gasteiger partial charge in [0.1, 0.15) is 17.1 Å². The molecule has 0 atom stereocenters. The molecule has 1 aliphatic rings. The van der Waals surface area contributed by atoms with Crippen LogP contribution in [0, 0.1) is 6.92 Å². The Bertz CT molecular complexity index is 424. The first-order valence-electron chi connectivity index (χ1n) is 5.54. The topological polar surface area (TPSA) is 29.5 Å². The molecule has 2 rings (SSSR count). The van der Waals surface area contributed by atoms with Gasteiger partial charge in [0.05, 0.1) is 0 Å². The van der Waals surface area contributed by atoms with Gasteiger partial charge in [0.2, 0.25) is 0 Å². The number of ether oxygens (including phenoxy) is 1. The second kappa shape index (κ2) is 3.95. The molecule has 0 aromatic heterocycles. The fraction of sp³-hybridized carbons (Fsp3) is 0.538. The molecule has 0 bridgehead atoms. The van der Waals surface area contributed by atoms with E-state index in [0.717, 1.165) is 35.3 Å². The molecule has 1 N–H and O–H groups in total. The number of rotatable bonds is 1. The third-order valence-electron chi connectivity index (χ3n) is 3.15. The van der Waals surface area contributed by atoms with Crippen molar-refractivity contribution in [2.75, 3.05) is 0 Å². The van der Waals surface area contributed by atoms with E-state index in [-0.39, 0.29) is 5.60 Å². The fourth-order valence-electron chi connectivity index (χ4n) is 2.20. The second-order valence-corrected chi connectivity index (χ2v) is 5.55. The van der Waals surface area contributed by atoms with Crippen LogP contribution in [0.3, 0.4) is 0 Å². The maximum Gasteiger partial charge on any atom is 0.126 e. The summed E-state index contributed by atoms with van der Waals surface area (Å²) in [6.45, 7) is 6.20. The largest absolute Gasteiger partial charge is 0.508 e. The molecule has 1 aromatic carbocycles. The summed E-state index contributed by atoms with van der Waals surface area (Å²) in [4.78, 5) is 0. The summed E-state index contributed by atoms with van der Waals surface area (Å²) in [5, 5.41) is 10.6. The summed E-state index contributed by atoms with van der Waals surface area (Å²) < 4.78 is 6.02. The highest BCUT2D eigenvalue weighted by Gasteiger charge is 2.30. The van der Waals surface area contributed by atoms with Gasteiger partial charge in [0.15, 0.2) is 0 Å². The number of aromatic hydroxyl groups is 1. The van der Waals surface area contributed by atoms with Gasteiger partial charge in [-0.1, -0.05) is 15.9 Å². The lowest BCUT2D eigenvalue weighted by Gasteiger charge is -2.34. The van der Waals surface area contributed by atoms with Crippen LogP contribution >= 0.6 is 15.9 Å². The summed E-state index contributed by atoms with van der Waals surface area (Å²) >= 11 is 3.42. The second-order valence-electron chi connectivity index (χ2n) is 4.99. The van der Waals surface area contributed by atoms with Gasteiger partial charge in [0, 0.05) is 16.5 Å². The molecule has 0 spiro atoms. The van der Waals surface area contributed by atoms with E-state index >= 15 is 0 Å². The lowest BCUT2D eigenvalue weighted by atomic mass is 9.90. The number of aryl methyl sites for hydroxylation is 1. The predicted octanol–water partition coefficient (Wildman–Crippen LogP) is 3.70. The first kappa shape index (κ1) is 11.8. The Labute approximate surface area is 105 Å². The van der Waals surface area contributed by atoms with Crippen molar-refractivity contribution in [3.63, 3.8) is 0 Å². The number of hydrogen-bond donors (Lipinski definition) is 1. The molecule has 2 nitrogen and oxygen atoms in total. The molecule has 0 unspecified atom stereocenters. The first-order chi connectivity index (χ1) is 7.44. The lowest BCUT2D eigenvalue weighted by molar-refractivity contribution is 0.0832. The molecule has 0 fully saturated rings. The summed E-state index contributed by atoms with van der Waals surface area (Å²) in [5.74, 6) is 1.33. The van der Waals surface area contributed by atoms with Crippen LogP contribution in [0.15, 0.2) is 6.07 Å². The molecule has 0 amide bonds. The molecule has 3 heteroatoms. The molecule has 16 heavy (non-hydrogen) atoms. The quantitative estimate of drug-likeness (QED) is 0.797. The zero-order chi connectivity index (χ0) is 11.9. The maximum atomic E-state index is 9.89. The van der Waals surface area contributed by atoms with E-state index in [0.29, 0.717) is 11.1 Å². The third-order valence-corrected chi connectivity index (χ3v) is 3.71. The van der Waals surface area contributed by atoms with Gasteiger partial charge in [0.25, 0.3) is 0 Å². The van der Waals surface area contributed by atoms with Gasteiger partial charge in [-0.2, -0.15) is 0 Å². The van der Waals surface area contributed by atoms with Crippen molar-refractivity contribution in [3.05, 3.63) is 22.8 Å². The average Bonchev–Trinajstić information content (AvgIpc) is 2.19. The van der Waals surface area contributed by atoms with Crippen molar-refractivity contribution in [1.82, 2.24) is 0 Å². The van der Waals surface area contributed by atoms with Gasteiger partial charge in [-0.15, -0.1) is 0 Å². The van der Waals surface area contributed by atoms with Crippen LogP contribution in [0.2, 0.25) is 0 Å². The highest BCUT2D eigenvalue weighted by Crippen LogP contribution is 2.41. The Balaban J connectivity index is 2.57. The van der Waals surface area contributed by atoms with Gasteiger partial charge >= 0.3 is 0 Å². The van der Waals surface area contributed by atoms with Crippen molar-refractivity contribution in [3.8, 4) is 11.5 Å². The molecule has 0 aliphatic carbocycles. The van der Waals surface area contributed by atoms with E-state index in [1.54, 1.807) is 6.07 Å².